The van der Waals surface area contributed by atoms with Gasteiger partial charge < -0.3 is 4.74 Å². The molecule has 0 saturated heterocycles. The average Bonchev–Trinajstić information content (AvgIpc) is 2.60. The highest BCUT2D eigenvalue weighted by atomic mass is 35.5. The molecular weight excluding hydrogens is 350 g/mol. The highest BCUT2D eigenvalue weighted by Gasteiger charge is 2.12. The van der Waals surface area contributed by atoms with E-state index >= 15 is 0 Å². The van der Waals surface area contributed by atoms with Gasteiger partial charge >= 0.3 is 0 Å². The van der Waals surface area contributed by atoms with E-state index in [0.717, 1.165) is 0 Å². The Hall–Kier alpha value is -2.64. The van der Waals surface area contributed by atoms with Gasteiger partial charge in [0.1, 0.15) is 5.75 Å². The van der Waals surface area contributed by atoms with Crippen molar-refractivity contribution in [2.24, 2.45) is 0 Å². The molecule has 0 radical (unpaired) electrons. The minimum absolute atomic E-state index is 0.0433. The molecule has 0 aliphatic rings. The van der Waals surface area contributed by atoms with Crippen LogP contribution >= 0.6 is 23.8 Å². The normalized spacial score (nSPS) is 9.75. The van der Waals surface area contributed by atoms with Crippen LogP contribution in [0.5, 0.6) is 5.75 Å². The molecule has 0 bridgehead atoms. The van der Waals surface area contributed by atoms with E-state index in [1.807, 2.05) is 0 Å². The topological polar surface area (TPSA) is 79.5 Å². The summed E-state index contributed by atoms with van der Waals surface area (Å²) < 4.78 is 5.10. The number of nitrogens with one attached hydrogen (secondary N) is 3. The maximum atomic E-state index is 12.1. The van der Waals surface area contributed by atoms with Gasteiger partial charge in [0, 0.05) is 10.6 Å². The number of thiocarbonyl (C=S) groups is 1. The van der Waals surface area contributed by atoms with Gasteiger partial charge in [0.05, 0.1) is 12.7 Å². The van der Waals surface area contributed by atoms with Crippen molar-refractivity contribution in [3.8, 4) is 5.75 Å². The Morgan fingerprint density at radius 3 is 2.33 bits per heavy atom. The summed E-state index contributed by atoms with van der Waals surface area (Å²) in [7, 11) is 1.47. The molecule has 0 spiro atoms. The quantitative estimate of drug-likeness (QED) is 0.576. The van der Waals surface area contributed by atoms with Crippen molar-refractivity contribution in [2.75, 3.05) is 7.11 Å². The zero-order chi connectivity index (χ0) is 17.5. The molecule has 6 nitrogen and oxygen atoms in total. The monoisotopic (exact) mass is 363 g/mol. The van der Waals surface area contributed by atoms with E-state index in [-0.39, 0.29) is 5.11 Å². The SMILES string of the molecule is COc1ccccc1C(=O)NNC(=S)NC(=O)c1ccc(Cl)cc1. The lowest BCUT2D eigenvalue weighted by molar-refractivity contribution is 0.0932. The summed E-state index contributed by atoms with van der Waals surface area (Å²) >= 11 is 10.7. The third-order valence-electron chi connectivity index (χ3n) is 2.97. The zero-order valence-corrected chi connectivity index (χ0v) is 14.2. The summed E-state index contributed by atoms with van der Waals surface area (Å²) in [5, 5.41) is 2.92. The maximum Gasteiger partial charge on any atom is 0.273 e. The highest BCUT2D eigenvalue weighted by Crippen LogP contribution is 2.16. The number of halogens is 1. The lowest BCUT2D eigenvalue weighted by Crippen LogP contribution is -2.48. The van der Waals surface area contributed by atoms with Crippen molar-refractivity contribution in [1.82, 2.24) is 16.2 Å². The first kappa shape index (κ1) is 17.7. The number of hydrogen-bond donors (Lipinski definition) is 3. The molecule has 0 aromatic heterocycles. The van der Waals surface area contributed by atoms with E-state index in [4.69, 9.17) is 28.6 Å². The summed E-state index contributed by atoms with van der Waals surface area (Å²) in [4.78, 5) is 24.0. The zero-order valence-electron chi connectivity index (χ0n) is 12.6. The fourth-order valence-corrected chi connectivity index (χ4v) is 2.09. The third kappa shape index (κ3) is 4.68. The minimum atomic E-state index is -0.449. The number of methoxy groups -OCH3 is 1. The first-order valence-electron chi connectivity index (χ1n) is 6.81. The van der Waals surface area contributed by atoms with Crippen molar-refractivity contribution in [3.05, 3.63) is 64.7 Å². The molecule has 2 aromatic rings. The summed E-state index contributed by atoms with van der Waals surface area (Å²) in [5.74, 6) is -0.445. The van der Waals surface area contributed by atoms with Crippen LogP contribution in [0, 0.1) is 0 Å². The summed E-state index contributed by atoms with van der Waals surface area (Å²) in [6.45, 7) is 0. The van der Waals surface area contributed by atoms with Gasteiger partial charge in [0.2, 0.25) is 0 Å². The lowest BCUT2D eigenvalue weighted by atomic mass is 10.2. The Kier molecular flexibility index (Phi) is 6.11. The summed E-state index contributed by atoms with van der Waals surface area (Å²) in [6.07, 6.45) is 0. The molecule has 0 heterocycles. The van der Waals surface area contributed by atoms with Gasteiger partial charge in [0.25, 0.3) is 11.8 Å². The lowest BCUT2D eigenvalue weighted by Gasteiger charge is -2.12. The third-order valence-corrected chi connectivity index (χ3v) is 3.43. The molecule has 124 valence electrons. The molecule has 2 aromatic carbocycles. The average molecular weight is 364 g/mol. The number of benzene rings is 2. The number of carbonyl (C=O) groups is 2. The number of para-hydroxylation sites is 1. The van der Waals surface area contributed by atoms with Crippen LogP contribution in [0.25, 0.3) is 0 Å². The molecule has 3 N–H and O–H groups in total. The molecule has 8 heteroatoms. The Morgan fingerprint density at radius 1 is 1.00 bits per heavy atom. The maximum absolute atomic E-state index is 12.1. The standard InChI is InChI=1S/C16H14ClN3O3S/c1-23-13-5-3-2-4-12(13)15(22)19-20-16(24)18-14(21)10-6-8-11(17)9-7-10/h2-9H,1H3,(H,19,22)(H2,18,20,21,24). The van der Waals surface area contributed by atoms with Gasteiger partial charge in [-0.15, -0.1) is 0 Å². The van der Waals surface area contributed by atoms with E-state index in [0.29, 0.717) is 21.9 Å². The first-order chi connectivity index (χ1) is 11.5. The molecule has 0 aliphatic carbocycles. The van der Waals surface area contributed by atoms with Crippen LogP contribution in [0.15, 0.2) is 48.5 Å². The second-order valence-corrected chi connectivity index (χ2v) is 5.41. The Balaban J connectivity index is 1.90. The van der Waals surface area contributed by atoms with Crippen LogP contribution in [0.1, 0.15) is 20.7 Å². The number of amides is 2. The molecular formula is C16H14ClN3O3S. The predicted octanol–water partition coefficient (Wildman–Crippen LogP) is 2.30. The Labute approximate surface area is 149 Å². The molecule has 0 saturated carbocycles. The largest absolute Gasteiger partial charge is 0.496 e. The van der Waals surface area contributed by atoms with Crippen molar-refractivity contribution >= 4 is 40.7 Å². The number of hydrazine groups is 1. The van der Waals surface area contributed by atoms with E-state index in [9.17, 15) is 9.59 Å². The van der Waals surface area contributed by atoms with Gasteiger partial charge in [-0.25, -0.2) is 0 Å². The smallest absolute Gasteiger partial charge is 0.273 e. The molecule has 0 unspecified atom stereocenters. The van der Waals surface area contributed by atoms with Gasteiger partial charge in [-0.2, -0.15) is 0 Å². The van der Waals surface area contributed by atoms with E-state index in [2.05, 4.69) is 16.2 Å². The van der Waals surface area contributed by atoms with Crippen molar-refractivity contribution in [2.45, 2.75) is 0 Å². The summed E-state index contributed by atoms with van der Waals surface area (Å²) in [5.41, 5.74) is 5.58. The van der Waals surface area contributed by atoms with Gasteiger partial charge in [-0.3, -0.25) is 25.8 Å². The molecule has 0 atom stereocenters. The molecule has 0 fully saturated rings. The first-order valence-corrected chi connectivity index (χ1v) is 7.60. The van der Waals surface area contributed by atoms with E-state index in [1.165, 1.54) is 7.11 Å². The predicted molar refractivity (Wildman–Crippen MR) is 95.1 cm³/mol. The minimum Gasteiger partial charge on any atom is -0.496 e. The molecule has 24 heavy (non-hydrogen) atoms. The molecule has 0 aliphatic heterocycles. The van der Waals surface area contributed by atoms with Crippen LogP contribution in [-0.4, -0.2) is 24.0 Å². The van der Waals surface area contributed by atoms with Gasteiger partial charge in [-0.1, -0.05) is 23.7 Å². The number of carbonyl (C=O) groups excluding carboxylic acids is 2. The second-order valence-electron chi connectivity index (χ2n) is 4.57. The second kappa shape index (κ2) is 8.28. The molecule has 2 rings (SSSR count). The Morgan fingerprint density at radius 2 is 1.67 bits per heavy atom. The number of ether oxygens (including phenoxy) is 1. The molecule has 2 amide bonds. The van der Waals surface area contributed by atoms with Crippen molar-refractivity contribution < 1.29 is 14.3 Å². The Bertz CT molecular complexity index is 765. The van der Waals surface area contributed by atoms with E-state index in [1.54, 1.807) is 48.5 Å². The van der Waals surface area contributed by atoms with Crippen LogP contribution < -0.4 is 20.9 Å². The van der Waals surface area contributed by atoms with Crippen LogP contribution in [0.4, 0.5) is 0 Å². The van der Waals surface area contributed by atoms with Gasteiger partial charge in [0.15, 0.2) is 5.11 Å². The van der Waals surface area contributed by atoms with Crippen LogP contribution in [-0.2, 0) is 0 Å². The number of rotatable bonds is 3. The van der Waals surface area contributed by atoms with Crippen molar-refractivity contribution in [3.63, 3.8) is 0 Å². The van der Waals surface area contributed by atoms with Crippen molar-refractivity contribution in [1.29, 1.82) is 0 Å². The highest BCUT2D eigenvalue weighted by molar-refractivity contribution is 7.80. The van der Waals surface area contributed by atoms with Crippen LogP contribution in [0.3, 0.4) is 0 Å². The van der Waals surface area contributed by atoms with Gasteiger partial charge in [-0.05, 0) is 48.6 Å². The van der Waals surface area contributed by atoms with E-state index < -0.39 is 11.8 Å². The van der Waals surface area contributed by atoms with Crippen LogP contribution in [0.2, 0.25) is 5.02 Å². The fourth-order valence-electron chi connectivity index (χ4n) is 1.82. The number of hydrogen-bond acceptors (Lipinski definition) is 4. The fraction of sp³-hybridized carbons (Fsp3) is 0.0625. The summed E-state index contributed by atoms with van der Waals surface area (Å²) in [6, 6.07) is 13.0.